The van der Waals surface area contributed by atoms with Gasteiger partial charge in [-0.1, -0.05) is 48.5 Å². The quantitative estimate of drug-likeness (QED) is 0.534. The minimum absolute atomic E-state index is 0.650. The van der Waals surface area contributed by atoms with Crippen LogP contribution in [0, 0.1) is 0 Å². The van der Waals surface area contributed by atoms with E-state index in [9.17, 15) is 0 Å². The summed E-state index contributed by atoms with van der Waals surface area (Å²) in [5.74, 6) is 0. The Hall–Kier alpha value is -2.40. The first-order chi connectivity index (χ1) is 16.7. The second-order valence-corrected chi connectivity index (χ2v) is 10.3. The fourth-order valence-electron chi connectivity index (χ4n) is 5.52. The summed E-state index contributed by atoms with van der Waals surface area (Å²) in [6, 6.07) is 25.8. The third kappa shape index (κ3) is 5.63. The van der Waals surface area contributed by atoms with Gasteiger partial charge in [-0.3, -0.25) is 9.80 Å². The van der Waals surface area contributed by atoms with E-state index in [1.807, 2.05) is 0 Å². The second-order valence-electron chi connectivity index (χ2n) is 10.3. The van der Waals surface area contributed by atoms with Crippen molar-refractivity contribution in [3.05, 3.63) is 66.7 Å². The summed E-state index contributed by atoms with van der Waals surface area (Å²) >= 11 is 0. The number of nitrogens with one attached hydrogen (secondary N) is 1. The Labute approximate surface area is 205 Å². The zero-order chi connectivity index (χ0) is 23.3. The van der Waals surface area contributed by atoms with Crippen molar-refractivity contribution in [2.24, 2.45) is 0 Å². The van der Waals surface area contributed by atoms with Crippen molar-refractivity contribution in [3.63, 3.8) is 0 Å². The van der Waals surface area contributed by atoms with Crippen molar-refractivity contribution in [3.8, 4) is 11.1 Å². The Balaban J connectivity index is 1.10. The minimum Gasteiger partial charge on any atom is -0.371 e. The number of anilines is 1. The van der Waals surface area contributed by atoms with Gasteiger partial charge in [0, 0.05) is 70.1 Å². The topological polar surface area (TPSA) is 21.8 Å². The van der Waals surface area contributed by atoms with Crippen LogP contribution in [0.2, 0.25) is 0 Å². The average molecular weight is 457 g/mol. The molecule has 0 aliphatic carbocycles. The molecule has 180 valence electrons. The lowest BCUT2D eigenvalue weighted by atomic mass is 9.99. The second kappa shape index (κ2) is 10.9. The molecule has 0 radical (unpaired) electrons. The molecule has 1 N–H and O–H groups in total. The van der Waals surface area contributed by atoms with E-state index in [1.165, 1.54) is 73.2 Å². The summed E-state index contributed by atoms with van der Waals surface area (Å²) < 4.78 is 0. The van der Waals surface area contributed by atoms with Gasteiger partial charge in [0.15, 0.2) is 0 Å². The molecule has 4 nitrogen and oxygen atoms in total. The average Bonchev–Trinajstić information content (AvgIpc) is 2.89. The van der Waals surface area contributed by atoms with E-state index in [0.29, 0.717) is 12.1 Å². The van der Waals surface area contributed by atoms with Gasteiger partial charge in [0.2, 0.25) is 0 Å². The summed E-state index contributed by atoms with van der Waals surface area (Å²) in [5.41, 5.74) is 3.96. The molecular weight excluding hydrogens is 416 g/mol. The van der Waals surface area contributed by atoms with Crippen LogP contribution in [-0.2, 0) is 0 Å². The van der Waals surface area contributed by atoms with Crippen LogP contribution in [0.15, 0.2) is 66.7 Å². The van der Waals surface area contributed by atoms with Crippen LogP contribution in [0.25, 0.3) is 21.9 Å². The molecule has 0 unspecified atom stereocenters. The summed E-state index contributed by atoms with van der Waals surface area (Å²) in [6.45, 7) is 14.0. The Bertz CT molecular complexity index is 1060. The highest BCUT2D eigenvalue weighted by molar-refractivity contribution is 5.87. The minimum atomic E-state index is 0.650. The van der Waals surface area contributed by atoms with E-state index in [1.54, 1.807) is 0 Å². The molecule has 2 saturated heterocycles. The lowest BCUT2D eigenvalue weighted by Gasteiger charge is -2.37. The van der Waals surface area contributed by atoms with E-state index in [4.69, 9.17) is 0 Å². The smallest absolute Gasteiger partial charge is 0.0372 e. The first kappa shape index (κ1) is 23.3. The molecule has 2 aliphatic heterocycles. The number of hydrogen-bond acceptors (Lipinski definition) is 4. The predicted octanol–water partition coefficient (Wildman–Crippen LogP) is 5.09. The maximum absolute atomic E-state index is 3.85. The highest BCUT2D eigenvalue weighted by Gasteiger charge is 2.21. The van der Waals surface area contributed by atoms with Gasteiger partial charge >= 0.3 is 0 Å². The molecule has 0 atom stereocenters. The van der Waals surface area contributed by atoms with Gasteiger partial charge < -0.3 is 10.2 Å². The SMILES string of the molecule is CC(C)N1CCN(CCNC2CCN(c3cccc(-c4ccc5ccccc5c4)c3)CC2)CC1. The van der Waals surface area contributed by atoms with Crippen LogP contribution in [-0.4, -0.2) is 74.2 Å². The predicted molar refractivity (Wildman–Crippen MR) is 146 cm³/mol. The number of hydrogen-bond donors (Lipinski definition) is 1. The number of rotatable bonds is 7. The maximum atomic E-state index is 3.85. The van der Waals surface area contributed by atoms with Crippen molar-refractivity contribution < 1.29 is 0 Å². The Morgan fingerprint density at radius 3 is 2.26 bits per heavy atom. The van der Waals surface area contributed by atoms with Crippen molar-refractivity contribution in [1.82, 2.24) is 15.1 Å². The molecule has 0 amide bonds. The Kier molecular flexibility index (Phi) is 7.48. The van der Waals surface area contributed by atoms with Crippen molar-refractivity contribution in [1.29, 1.82) is 0 Å². The molecule has 3 aromatic carbocycles. The van der Waals surface area contributed by atoms with E-state index >= 15 is 0 Å². The summed E-state index contributed by atoms with van der Waals surface area (Å²) in [6.07, 6.45) is 2.45. The number of benzene rings is 3. The molecule has 5 rings (SSSR count). The molecule has 0 bridgehead atoms. The Morgan fingerprint density at radius 1 is 0.765 bits per heavy atom. The summed E-state index contributed by atoms with van der Waals surface area (Å²) in [4.78, 5) is 7.78. The van der Waals surface area contributed by atoms with E-state index < -0.39 is 0 Å². The van der Waals surface area contributed by atoms with Crippen LogP contribution in [0.1, 0.15) is 26.7 Å². The third-order valence-corrected chi connectivity index (χ3v) is 7.79. The first-order valence-electron chi connectivity index (χ1n) is 13.2. The molecule has 4 heteroatoms. The lowest BCUT2D eigenvalue weighted by Crippen LogP contribution is -2.51. The van der Waals surface area contributed by atoms with Crippen molar-refractivity contribution in [2.75, 3.05) is 57.3 Å². The van der Waals surface area contributed by atoms with E-state index in [0.717, 1.165) is 19.6 Å². The molecule has 34 heavy (non-hydrogen) atoms. The molecule has 2 fully saturated rings. The standard InChI is InChI=1S/C30H40N4/c1-24(2)33-20-18-32(19-21-33)17-14-31-29-12-15-34(16-13-29)30-9-5-8-27(23-30)28-11-10-25-6-3-4-7-26(25)22-28/h3-11,22-24,29,31H,12-21H2,1-2H3. The number of piperidine rings is 1. The van der Waals surface area contributed by atoms with Gasteiger partial charge in [0.1, 0.15) is 0 Å². The normalized spacial score (nSPS) is 18.7. The van der Waals surface area contributed by atoms with Gasteiger partial charge in [-0.25, -0.2) is 0 Å². The molecule has 2 aliphatic rings. The van der Waals surface area contributed by atoms with Crippen molar-refractivity contribution in [2.45, 2.75) is 38.8 Å². The first-order valence-corrected chi connectivity index (χ1v) is 13.2. The van der Waals surface area contributed by atoms with Gasteiger partial charge in [-0.05, 0) is 66.8 Å². The summed E-state index contributed by atoms with van der Waals surface area (Å²) in [7, 11) is 0. The van der Waals surface area contributed by atoms with Crippen LogP contribution in [0.3, 0.4) is 0 Å². The van der Waals surface area contributed by atoms with Gasteiger partial charge in [0.05, 0.1) is 0 Å². The molecular formula is C30H40N4. The highest BCUT2D eigenvalue weighted by Crippen LogP contribution is 2.29. The number of nitrogens with zero attached hydrogens (tertiary/aromatic N) is 3. The van der Waals surface area contributed by atoms with E-state index in [2.05, 4.69) is 101 Å². The zero-order valence-corrected chi connectivity index (χ0v) is 20.9. The maximum Gasteiger partial charge on any atom is 0.0372 e. The third-order valence-electron chi connectivity index (χ3n) is 7.79. The monoisotopic (exact) mass is 456 g/mol. The van der Waals surface area contributed by atoms with Gasteiger partial charge in [-0.15, -0.1) is 0 Å². The molecule has 0 saturated carbocycles. The molecule has 0 spiro atoms. The van der Waals surface area contributed by atoms with Crippen molar-refractivity contribution >= 4 is 16.5 Å². The van der Waals surface area contributed by atoms with Gasteiger partial charge in [0.25, 0.3) is 0 Å². The Morgan fingerprint density at radius 2 is 1.50 bits per heavy atom. The lowest BCUT2D eigenvalue weighted by molar-refractivity contribution is 0.108. The molecule has 0 aromatic heterocycles. The highest BCUT2D eigenvalue weighted by atomic mass is 15.3. The van der Waals surface area contributed by atoms with Crippen LogP contribution < -0.4 is 10.2 Å². The van der Waals surface area contributed by atoms with Crippen LogP contribution >= 0.6 is 0 Å². The van der Waals surface area contributed by atoms with E-state index in [-0.39, 0.29) is 0 Å². The largest absolute Gasteiger partial charge is 0.371 e. The number of fused-ring (bicyclic) bond motifs is 1. The molecule has 2 heterocycles. The number of piperazine rings is 1. The fraction of sp³-hybridized carbons (Fsp3) is 0.467. The summed E-state index contributed by atoms with van der Waals surface area (Å²) in [5, 5.41) is 6.45. The zero-order valence-electron chi connectivity index (χ0n) is 20.9. The van der Waals surface area contributed by atoms with Gasteiger partial charge in [-0.2, -0.15) is 0 Å². The van der Waals surface area contributed by atoms with Crippen LogP contribution in [0.4, 0.5) is 5.69 Å². The fourth-order valence-corrected chi connectivity index (χ4v) is 5.52. The molecule has 3 aromatic rings. The van der Waals surface area contributed by atoms with Crippen LogP contribution in [0.5, 0.6) is 0 Å².